The maximum atomic E-state index is 6.56. The first-order valence-electron chi connectivity index (χ1n) is 17.7. The van der Waals surface area contributed by atoms with Crippen LogP contribution in [0.25, 0.3) is 110 Å². The normalized spacial score (nSPS) is 12.2. The van der Waals surface area contributed by atoms with E-state index in [1.54, 1.807) is 0 Å². The van der Waals surface area contributed by atoms with Crippen molar-refractivity contribution in [1.82, 2.24) is 9.13 Å². The summed E-state index contributed by atoms with van der Waals surface area (Å²) in [6.45, 7) is 0. The Balaban J connectivity index is 1.09. The number of nitrogens with zero attached hydrogens (tertiary/aromatic N) is 2. The van der Waals surface area contributed by atoms with Crippen molar-refractivity contribution in [2.75, 3.05) is 0 Å². The Kier molecular flexibility index (Phi) is 5.47. The van der Waals surface area contributed by atoms with Gasteiger partial charge in [0.25, 0.3) is 0 Å². The standard InChI is InChI=1S/C48H28N2O2/c1-3-11-31(12-4-1)49-41-17-9-7-15-33(41)36-25-40-38-24-30(20-22-46(38)52-48(40)27-43(36)49)29-19-21-42-35(23-29)37-26-39-34-16-8-10-18-45(34)51-47(39)28-44(37)50(42)32-13-5-2-6-14-32/h1-28H. The molecule has 0 saturated carbocycles. The maximum Gasteiger partial charge on any atom is 0.137 e. The average molecular weight is 665 g/mol. The Labute approximate surface area is 296 Å². The lowest BCUT2D eigenvalue weighted by atomic mass is 10.00. The van der Waals surface area contributed by atoms with E-state index < -0.39 is 0 Å². The predicted molar refractivity (Wildman–Crippen MR) is 215 cm³/mol. The van der Waals surface area contributed by atoms with Crippen LogP contribution in [0.3, 0.4) is 0 Å². The molecule has 0 radical (unpaired) electrons. The third-order valence-corrected chi connectivity index (χ3v) is 10.9. The number of rotatable bonds is 3. The molecule has 0 fully saturated rings. The molecule has 4 nitrogen and oxygen atoms in total. The molecule has 0 aliphatic heterocycles. The van der Waals surface area contributed by atoms with Crippen LogP contribution in [-0.2, 0) is 0 Å². The smallest absolute Gasteiger partial charge is 0.137 e. The zero-order chi connectivity index (χ0) is 33.9. The summed E-state index contributed by atoms with van der Waals surface area (Å²) in [6, 6.07) is 60.6. The topological polar surface area (TPSA) is 36.1 Å². The van der Waals surface area contributed by atoms with Gasteiger partial charge in [0.2, 0.25) is 0 Å². The van der Waals surface area contributed by atoms with E-state index in [1.807, 2.05) is 12.1 Å². The van der Waals surface area contributed by atoms with Crippen LogP contribution in [0.1, 0.15) is 0 Å². The highest BCUT2D eigenvalue weighted by atomic mass is 16.3. The molecule has 12 aromatic rings. The second-order valence-electron chi connectivity index (χ2n) is 13.7. The molecule has 4 heteroatoms. The summed E-state index contributed by atoms with van der Waals surface area (Å²) in [6.07, 6.45) is 0. The SMILES string of the molecule is c1ccc(-n2c3ccccc3c3cc4c(cc32)oc2ccc(-c3ccc5c(c3)c3cc6c(cc3n5-c3ccccc3)oc3ccccc36)cc24)cc1. The summed E-state index contributed by atoms with van der Waals surface area (Å²) >= 11 is 0. The summed E-state index contributed by atoms with van der Waals surface area (Å²) < 4.78 is 17.6. The van der Waals surface area contributed by atoms with Crippen molar-refractivity contribution >= 4 is 87.5 Å². The van der Waals surface area contributed by atoms with Crippen molar-refractivity contribution < 1.29 is 8.83 Å². The van der Waals surface area contributed by atoms with Crippen molar-refractivity contribution in [2.24, 2.45) is 0 Å². The van der Waals surface area contributed by atoms with Crippen molar-refractivity contribution in [2.45, 2.75) is 0 Å². The first-order valence-corrected chi connectivity index (χ1v) is 17.7. The van der Waals surface area contributed by atoms with E-state index >= 15 is 0 Å². The molecule has 12 rings (SSSR count). The van der Waals surface area contributed by atoms with Gasteiger partial charge in [-0.15, -0.1) is 0 Å². The molecule has 0 amide bonds. The fourth-order valence-electron chi connectivity index (χ4n) is 8.55. The highest BCUT2D eigenvalue weighted by Crippen LogP contribution is 2.42. The van der Waals surface area contributed by atoms with Crippen LogP contribution in [0.5, 0.6) is 0 Å². The van der Waals surface area contributed by atoms with Gasteiger partial charge in [-0.1, -0.05) is 84.9 Å². The van der Waals surface area contributed by atoms with Crippen LogP contribution < -0.4 is 0 Å². The summed E-state index contributed by atoms with van der Waals surface area (Å²) in [5, 5.41) is 9.35. The van der Waals surface area contributed by atoms with Crippen molar-refractivity contribution in [1.29, 1.82) is 0 Å². The van der Waals surface area contributed by atoms with Gasteiger partial charge in [-0.05, 0) is 83.9 Å². The van der Waals surface area contributed by atoms with E-state index in [9.17, 15) is 0 Å². The largest absolute Gasteiger partial charge is 0.456 e. The maximum absolute atomic E-state index is 6.56. The number of hydrogen-bond acceptors (Lipinski definition) is 2. The molecule has 0 aliphatic carbocycles. The fourth-order valence-corrected chi connectivity index (χ4v) is 8.55. The molecule has 0 bridgehead atoms. The van der Waals surface area contributed by atoms with Gasteiger partial charge in [0.1, 0.15) is 22.3 Å². The van der Waals surface area contributed by atoms with Gasteiger partial charge in [0, 0.05) is 66.6 Å². The van der Waals surface area contributed by atoms with Crippen LogP contribution in [0.15, 0.2) is 179 Å². The minimum Gasteiger partial charge on any atom is -0.456 e. The third-order valence-electron chi connectivity index (χ3n) is 10.9. The minimum absolute atomic E-state index is 0.886. The van der Waals surface area contributed by atoms with E-state index in [4.69, 9.17) is 8.83 Å². The lowest BCUT2D eigenvalue weighted by Gasteiger charge is -2.08. The lowest BCUT2D eigenvalue weighted by Crippen LogP contribution is -1.93. The highest BCUT2D eigenvalue weighted by Gasteiger charge is 2.19. The Morgan fingerprint density at radius 2 is 0.731 bits per heavy atom. The average Bonchev–Trinajstić information content (AvgIpc) is 3.93. The number of aromatic nitrogens is 2. The zero-order valence-electron chi connectivity index (χ0n) is 27.9. The molecule has 4 heterocycles. The predicted octanol–water partition coefficient (Wildman–Crippen LogP) is 13.3. The number of fused-ring (bicyclic) bond motifs is 12. The van der Waals surface area contributed by atoms with E-state index in [0.29, 0.717) is 0 Å². The minimum atomic E-state index is 0.886. The molecule has 8 aromatic carbocycles. The van der Waals surface area contributed by atoms with E-state index in [2.05, 4.69) is 167 Å². The van der Waals surface area contributed by atoms with Crippen LogP contribution in [0.4, 0.5) is 0 Å². The molecule has 0 aliphatic rings. The molecule has 0 saturated heterocycles. The highest BCUT2D eigenvalue weighted by molar-refractivity contribution is 6.19. The second-order valence-corrected chi connectivity index (χ2v) is 13.7. The Morgan fingerprint density at radius 3 is 1.42 bits per heavy atom. The number of benzene rings is 8. The van der Waals surface area contributed by atoms with Crippen LogP contribution in [-0.4, -0.2) is 9.13 Å². The Hall–Kier alpha value is -7.04. The monoisotopic (exact) mass is 664 g/mol. The molecule has 0 spiro atoms. The second kappa shape index (κ2) is 10.3. The first kappa shape index (κ1) is 27.7. The van der Waals surface area contributed by atoms with Gasteiger partial charge >= 0.3 is 0 Å². The quantitative estimate of drug-likeness (QED) is 0.188. The van der Waals surface area contributed by atoms with Gasteiger partial charge in [0.05, 0.1) is 22.1 Å². The Bertz CT molecular complexity index is 3400. The van der Waals surface area contributed by atoms with Crippen molar-refractivity contribution in [3.63, 3.8) is 0 Å². The van der Waals surface area contributed by atoms with E-state index in [0.717, 1.165) is 82.9 Å². The van der Waals surface area contributed by atoms with Crippen molar-refractivity contribution in [3.05, 3.63) is 170 Å². The Morgan fingerprint density at radius 1 is 0.269 bits per heavy atom. The van der Waals surface area contributed by atoms with Gasteiger partial charge < -0.3 is 18.0 Å². The van der Waals surface area contributed by atoms with E-state index in [1.165, 1.54) is 27.1 Å². The summed E-state index contributed by atoms with van der Waals surface area (Å²) in [5.74, 6) is 0. The van der Waals surface area contributed by atoms with E-state index in [-0.39, 0.29) is 0 Å². The van der Waals surface area contributed by atoms with Crippen LogP contribution in [0.2, 0.25) is 0 Å². The molecule has 0 atom stereocenters. The van der Waals surface area contributed by atoms with Gasteiger partial charge in [-0.3, -0.25) is 0 Å². The van der Waals surface area contributed by atoms with Crippen LogP contribution >= 0.6 is 0 Å². The molecule has 0 N–H and O–H groups in total. The van der Waals surface area contributed by atoms with Crippen LogP contribution in [0, 0.1) is 0 Å². The third kappa shape index (κ3) is 3.81. The first-order chi connectivity index (χ1) is 25.8. The molecular weight excluding hydrogens is 637 g/mol. The van der Waals surface area contributed by atoms with Gasteiger partial charge in [-0.2, -0.15) is 0 Å². The number of para-hydroxylation sites is 4. The number of hydrogen-bond donors (Lipinski definition) is 0. The molecule has 0 unspecified atom stereocenters. The lowest BCUT2D eigenvalue weighted by molar-refractivity contribution is 0.669. The van der Waals surface area contributed by atoms with Gasteiger partial charge in [0.15, 0.2) is 0 Å². The summed E-state index contributed by atoms with van der Waals surface area (Å²) in [4.78, 5) is 0. The zero-order valence-corrected chi connectivity index (χ0v) is 27.9. The van der Waals surface area contributed by atoms with Gasteiger partial charge in [-0.25, -0.2) is 0 Å². The fraction of sp³-hybridized carbons (Fsp3) is 0. The summed E-state index contributed by atoms with van der Waals surface area (Å²) in [5.41, 5.74) is 12.8. The molecule has 52 heavy (non-hydrogen) atoms. The van der Waals surface area contributed by atoms with Crippen molar-refractivity contribution in [3.8, 4) is 22.5 Å². The summed E-state index contributed by atoms with van der Waals surface area (Å²) in [7, 11) is 0. The molecule has 242 valence electrons. The number of furan rings is 2. The molecular formula is C48H28N2O2. The molecule has 4 aromatic heterocycles.